The number of non-ortho nitro benzene ring substituents is 1. The van der Waals surface area contributed by atoms with Crippen LogP contribution in [-0.2, 0) is 18.1 Å². The second-order valence-electron chi connectivity index (χ2n) is 6.49. The van der Waals surface area contributed by atoms with Crippen molar-refractivity contribution in [1.82, 2.24) is 0 Å². The number of oxime groups is 1. The van der Waals surface area contributed by atoms with Crippen LogP contribution >= 0.6 is 15.9 Å². The first-order chi connectivity index (χ1) is 15.0. The number of halogens is 1. The van der Waals surface area contributed by atoms with Gasteiger partial charge in [0.25, 0.3) is 5.69 Å². The number of hydrogen-bond donors (Lipinski definition) is 0. The quantitative estimate of drug-likeness (QED) is 0.203. The van der Waals surface area contributed by atoms with Crippen molar-refractivity contribution < 1.29 is 19.2 Å². The van der Waals surface area contributed by atoms with Crippen LogP contribution in [0.1, 0.15) is 23.6 Å². The van der Waals surface area contributed by atoms with Gasteiger partial charge in [-0.15, -0.1) is 0 Å². The van der Waals surface area contributed by atoms with Crippen molar-refractivity contribution >= 4 is 27.8 Å². The van der Waals surface area contributed by atoms with E-state index in [0.29, 0.717) is 30.3 Å². The molecule has 0 unspecified atom stereocenters. The Morgan fingerprint density at radius 1 is 0.968 bits per heavy atom. The van der Waals surface area contributed by atoms with Gasteiger partial charge in [0.15, 0.2) is 11.5 Å². The van der Waals surface area contributed by atoms with E-state index in [2.05, 4.69) is 21.1 Å². The molecule has 0 aliphatic rings. The molecule has 0 aromatic heterocycles. The van der Waals surface area contributed by atoms with Gasteiger partial charge in [-0.25, -0.2) is 0 Å². The van der Waals surface area contributed by atoms with Crippen molar-refractivity contribution in [2.24, 2.45) is 5.16 Å². The molecule has 160 valence electrons. The molecule has 31 heavy (non-hydrogen) atoms. The molecular weight excluding hydrogens is 464 g/mol. The van der Waals surface area contributed by atoms with Crippen LogP contribution < -0.4 is 9.47 Å². The van der Waals surface area contributed by atoms with Crippen molar-refractivity contribution in [3.63, 3.8) is 0 Å². The maximum absolute atomic E-state index is 10.8. The third kappa shape index (κ3) is 6.82. The summed E-state index contributed by atoms with van der Waals surface area (Å²) in [6.07, 6.45) is 1.55. The van der Waals surface area contributed by atoms with E-state index in [1.807, 2.05) is 49.4 Å². The van der Waals surface area contributed by atoms with Crippen molar-refractivity contribution in [2.75, 3.05) is 6.61 Å². The van der Waals surface area contributed by atoms with Crippen molar-refractivity contribution in [3.8, 4) is 11.5 Å². The van der Waals surface area contributed by atoms with E-state index in [9.17, 15) is 10.1 Å². The molecule has 0 radical (unpaired) electrons. The number of nitro groups is 1. The highest BCUT2D eigenvalue weighted by atomic mass is 79.9. The SMILES string of the molecule is CCOc1cc(/C=N\OCc2cccc([N+](=O)[O-])c2)ccc1OCc1ccc(Br)cc1. The lowest BCUT2D eigenvalue weighted by atomic mass is 10.2. The third-order valence-electron chi connectivity index (χ3n) is 4.20. The summed E-state index contributed by atoms with van der Waals surface area (Å²) in [6, 6.07) is 19.7. The Balaban J connectivity index is 1.61. The summed E-state index contributed by atoms with van der Waals surface area (Å²) in [6.45, 7) is 2.96. The highest BCUT2D eigenvalue weighted by Gasteiger charge is 2.08. The summed E-state index contributed by atoms with van der Waals surface area (Å²) >= 11 is 3.42. The molecule has 0 atom stereocenters. The second kappa shape index (κ2) is 11.1. The molecule has 7 nitrogen and oxygen atoms in total. The summed E-state index contributed by atoms with van der Waals surface area (Å²) in [4.78, 5) is 15.7. The molecule has 0 heterocycles. The predicted molar refractivity (Wildman–Crippen MR) is 122 cm³/mol. The van der Waals surface area contributed by atoms with Crippen LogP contribution in [0.5, 0.6) is 11.5 Å². The number of nitrogens with zero attached hydrogens (tertiary/aromatic N) is 2. The normalized spacial score (nSPS) is 10.8. The Morgan fingerprint density at radius 3 is 2.52 bits per heavy atom. The monoisotopic (exact) mass is 484 g/mol. The fourth-order valence-corrected chi connectivity index (χ4v) is 2.97. The minimum atomic E-state index is -0.442. The van der Waals surface area contributed by atoms with E-state index in [1.165, 1.54) is 12.1 Å². The summed E-state index contributed by atoms with van der Waals surface area (Å²) in [5, 5.41) is 14.8. The summed E-state index contributed by atoms with van der Waals surface area (Å²) in [5.74, 6) is 1.25. The third-order valence-corrected chi connectivity index (χ3v) is 4.73. The van der Waals surface area contributed by atoms with Crippen LogP contribution in [0, 0.1) is 10.1 Å². The highest BCUT2D eigenvalue weighted by Crippen LogP contribution is 2.29. The zero-order valence-electron chi connectivity index (χ0n) is 16.9. The molecule has 0 saturated heterocycles. The van der Waals surface area contributed by atoms with Crippen LogP contribution in [0.3, 0.4) is 0 Å². The zero-order chi connectivity index (χ0) is 22.1. The molecule has 0 N–H and O–H groups in total. The molecule has 0 aliphatic heterocycles. The minimum absolute atomic E-state index is 0.0187. The fourth-order valence-electron chi connectivity index (χ4n) is 2.70. The van der Waals surface area contributed by atoms with Gasteiger partial charge < -0.3 is 14.3 Å². The van der Waals surface area contributed by atoms with Crippen molar-refractivity contribution in [2.45, 2.75) is 20.1 Å². The van der Waals surface area contributed by atoms with Crippen LogP contribution in [0.25, 0.3) is 0 Å². The summed E-state index contributed by atoms with van der Waals surface area (Å²) in [7, 11) is 0. The summed E-state index contributed by atoms with van der Waals surface area (Å²) in [5.41, 5.74) is 2.51. The lowest BCUT2D eigenvalue weighted by Gasteiger charge is -2.12. The lowest BCUT2D eigenvalue weighted by Crippen LogP contribution is -2.00. The van der Waals surface area contributed by atoms with Crippen LogP contribution in [0.4, 0.5) is 5.69 Å². The smallest absolute Gasteiger partial charge is 0.269 e. The lowest BCUT2D eigenvalue weighted by molar-refractivity contribution is -0.384. The molecule has 0 fully saturated rings. The Hall–Kier alpha value is -3.39. The van der Waals surface area contributed by atoms with Crippen LogP contribution in [0.15, 0.2) is 76.4 Å². The van der Waals surface area contributed by atoms with Gasteiger partial charge in [-0.2, -0.15) is 0 Å². The maximum Gasteiger partial charge on any atom is 0.269 e. The largest absolute Gasteiger partial charge is 0.490 e. The molecule has 0 saturated carbocycles. The van der Waals surface area contributed by atoms with E-state index in [1.54, 1.807) is 18.3 Å². The minimum Gasteiger partial charge on any atom is -0.490 e. The van der Waals surface area contributed by atoms with Gasteiger partial charge in [0, 0.05) is 22.2 Å². The van der Waals surface area contributed by atoms with E-state index in [4.69, 9.17) is 14.3 Å². The Kier molecular flexibility index (Phi) is 8.00. The average molecular weight is 485 g/mol. The van der Waals surface area contributed by atoms with E-state index >= 15 is 0 Å². The molecule has 0 amide bonds. The van der Waals surface area contributed by atoms with Gasteiger partial charge in [-0.3, -0.25) is 10.1 Å². The molecular formula is C23H21BrN2O5. The van der Waals surface area contributed by atoms with Crippen molar-refractivity contribution in [3.05, 3.63) is 98.0 Å². The number of nitro benzene ring substituents is 1. The molecule has 8 heteroatoms. The first-order valence-corrected chi connectivity index (χ1v) is 10.4. The van der Waals surface area contributed by atoms with Crippen LogP contribution in [-0.4, -0.2) is 17.7 Å². The molecule has 3 rings (SSSR count). The van der Waals surface area contributed by atoms with Gasteiger partial charge in [0.05, 0.1) is 17.7 Å². The number of benzene rings is 3. The number of rotatable bonds is 10. The summed E-state index contributed by atoms with van der Waals surface area (Å²) < 4.78 is 12.6. The van der Waals surface area contributed by atoms with Gasteiger partial charge >= 0.3 is 0 Å². The number of ether oxygens (including phenoxy) is 2. The predicted octanol–water partition coefficient (Wildman–Crippen LogP) is 5.89. The first-order valence-electron chi connectivity index (χ1n) is 9.58. The topological polar surface area (TPSA) is 83.2 Å². The van der Waals surface area contributed by atoms with Gasteiger partial charge in [0.2, 0.25) is 0 Å². The van der Waals surface area contributed by atoms with E-state index in [0.717, 1.165) is 15.6 Å². The zero-order valence-corrected chi connectivity index (χ0v) is 18.4. The van der Waals surface area contributed by atoms with Gasteiger partial charge in [-0.1, -0.05) is 45.4 Å². The van der Waals surface area contributed by atoms with Crippen molar-refractivity contribution in [1.29, 1.82) is 0 Å². The van der Waals surface area contributed by atoms with Gasteiger partial charge in [-0.05, 0) is 48.4 Å². The highest BCUT2D eigenvalue weighted by molar-refractivity contribution is 9.10. The van der Waals surface area contributed by atoms with Gasteiger partial charge in [0.1, 0.15) is 13.2 Å². The van der Waals surface area contributed by atoms with E-state index in [-0.39, 0.29) is 12.3 Å². The molecule has 0 bridgehead atoms. The first kappa shape index (κ1) is 22.3. The fraction of sp³-hybridized carbons (Fsp3) is 0.174. The number of hydrogen-bond acceptors (Lipinski definition) is 6. The maximum atomic E-state index is 10.8. The molecule has 0 aliphatic carbocycles. The standard InChI is InChI=1S/C23H21BrN2O5/c1-2-29-23-13-18(8-11-22(23)30-15-17-6-9-20(24)10-7-17)14-25-31-16-19-4-3-5-21(12-19)26(27)28/h3-14H,2,15-16H2,1H3/b25-14-. The molecule has 0 spiro atoms. The molecule has 3 aromatic rings. The Morgan fingerprint density at radius 2 is 1.77 bits per heavy atom. The Bertz CT molecular complexity index is 1050. The van der Waals surface area contributed by atoms with Crippen LogP contribution in [0.2, 0.25) is 0 Å². The molecule has 3 aromatic carbocycles. The second-order valence-corrected chi connectivity index (χ2v) is 7.40. The van der Waals surface area contributed by atoms with E-state index < -0.39 is 4.92 Å². The Labute approximate surface area is 188 Å². The average Bonchev–Trinajstić information content (AvgIpc) is 2.77.